The van der Waals surface area contributed by atoms with Crippen molar-refractivity contribution in [2.45, 2.75) is 158 Å². The molecule has 0 saturated heterocycles. The molecule has 3 heteroatoms. The van der Waals surface area contributed by atoms with Crippen LogP contribution in [-0.2, 0) is 0 Å². The fraction of sp³-hybridized carbons (Fsp3) is 0.364. The van der Waals surface area contributed by atoms with Gasteiger partial charge in [0.1, 0.15) is 0 Å². The molecule has 0 aromatic heterocycles. The van der Waals surface area contributed by atoms with E-state index in [1.54, 1.807) is 0 Å². The molecule has 2 radical (unpaired) electrons. The van der Waals surface area contributed by atoms with Crippen molar-refractivity contribution in [1.29, 1.82) is 0 Å². The summed E-state index contributed by atoms with van der Waals surface area (Å²) >= 11 is -1.62. The van der Waals surface area contributed by atoms with Gasteiger partial charge in [0, 0.05) is 0 Å². The van der Waals surface area contributed by atoms with Crippen LogP contribution < -0.4 is 6.24 Å². The van der Waals surface area contributed by atoms with Crippen LogP contribution in [0.4, 0.5) is 22.7 Å². The zero-order valence-corrected chi connectivity index (χ0v) is 47.6. The summed E-state index contributed by atoms with van der Waals surface area (Å²) in [4.78, 5) is 0. The van der Waals surface area contributed by atoms with Crippen LogP contribution in [0.25, 0.3) is 44.5 Å². The van der Waals surface area contributed by atoms with Crippen LogP contribution in [-0.4, -0.2) is 21.7 Å². The topological polar surface area (TPSA) is 6.48 Å². The monoisotopic (exact) mass is 1020 g/mol. The Hall–Kier alpha value is -5.06. The molecule has 0 amide bonds. The average Bonchev–Trinajstić information content (AvgIpc) is 3.72. The molecule has 8 rings (SSSR count). The summed E-state index contributed by atoms with van der Waals surface area (Å²) in [5, 5.41) is 0. The molecular formula is C66H78N2Sn. The van der Waals surface area contributed by atoms with Crippen LogP contribution in [0.15, 0.2) is 133 Å². The van der Waals surface area contributed by atoms with Crippen molar-refractivity contribution in [3.63, 3.8) is 0 Å². The van der Waals surface area contributed by atoms with E-state index in [-0.39, 0.29) is 0 Å². The van der Waals surface area contributed by atoms with Gasteiger partial charge in [-0.1, -0.05) is 0 Å². The molecule has 1 aliphatic rings. The second-order valence-corrected chi connectivity index (χ2v) is 25.4. The Bertz CT molecular complexity index is 2490. The van der Waals surface area contributed by atoms with Crippen molar-refractivity contribution in [2.24, 2.45) is 0 Å². The maximum atomic E-state index is 2.77. The van der Waals surface area contributed by atoms with Gasteiger partial charge < -0.3 is 0 Å². The van der Waals surface area contributed by atoms with E-state index in [1.165, 1.54) is 112 Å². The summed E-state index contributed by atoms with van der Waals surface area (Å²) in [5.74, 6) is 3.07. The SMILES string of the molecule is CC(C)c1cccc(C(C)C)c1-c1cc(-c2c(C(C)C)cccc2C(C)C)cc([N]2[Sn][N](c3cc(-c4c(C(C)C)cccc4C(C)C)cc(-c4c(C(C)C)cccc4C(C)C)c3)c3ccccc32)c1. The zero-order chi connectivity index (χ0) is 49.6. The normalized spacial score (nSPS) is 13.0. The van der Waals surface area contributed by atoms with E-state index in [0.717, 1.165) is 0 Å². The zero-order valence-electron chi connectivity index (χ0n) is 44.7. The summed E-state index contributed by atoms with van der Waals surface area (Å²) in [7, 11) is 0. The van der Waals surface area contributed by atoms with E-state index in [9.17, 15) is 0 Å². The Labute approximate surface area is 428 Å². The molecule has 69 heavy (non-hydrogen) atoms. The Morgan fingerprint density at radius 1 is 0.261 bits per heavy atom. The van der Waals surface area contributed by atoms with E-state index in [1.807, 2.05) is 0 Å². The first-order valence-corrected chi connectivity index (χ1v) is 28.7. The number of hydrogen-bond donors (Lipinski definition) is 0. The minimum atomic E-state index is -1.62. The van der Waals surface area contributed by atoms with E-state index < -0.39 is 21.7 Å². The Morgan fingerprint density at radius 3 is 0.652 bits per heavy atom. The molecule has 7 aromatic rings. The van der Waals surface area contributed by atoms with Gasteiger partial charge in [0.05, 0.1) is 0 Å². The summed E-state index contributed by atoms with van der Waals surface area (Å²) in [6, 6.07) is 52.7. The second kappa shape index (κ2) is 20.7. The molecule has 0 fully saturated rings. The van der Waals surface area contributed by atoms with E-state index in [4.69, 9.17) is 0 Å². The van der Waals surface area contributed by atoms with Crippen molar-refractivity contribution in [2.75, 3.05) is 6.24 Å². The third kappa shape index (κ3) is 9.86. The van der Waals surface area contributed by atoms with Crippen molar-refractivity contribution in [3.05, 3.63) is 178 Å². The molecule has 0 atom stereocenters. The van der Waals surface area contributed by atoms with Gasteiger partial charge in [0.25, 0.3) is 0 Å². The predicted octanol–water partition coefficient (Wildman–Crippen LogP) is 20.2. The number of para-hydroxylation sites is 2. The molecule has 0 aliphatic carbocycles. The van der Waals surface area contributed by atoms with Gasteiger partial charge >= 0.3 is 431 Å². The number of fused-ring (bicyclic) bond motifs is 1. The first-order chi connectivity index (χ1) is 32.9. The standard InChI is InChI=1S/C66H78N2.Sn/c1-39(2)53-23-19-24-54(40(3)4)63(53)47-33-48(64-55(41(5)6)25-20-26-56(64)42(7)8)36-51(35-47)67-61-31-17-18-32-62(61)68-52-37-49(65-57(43(9)10)27-21-28-58(65)44(11)12)34-50(38-52)66-59(45(13)14)29-22-30-60(66)46(15)16;/h17-46H,1-16H3;/q-2;+2. The van der Waals surface area contributed by atoms with Gasteiger partial charge in [-0.2, -0.15) is 0 Å². The van der Waals surface area contributed by atoms with E-state index >= 15 is 0 Å². The Balaban J connectivity index is 1.42. The average molecular weight is 1020 g/mol. The van der Waals surface area contributed by atoms with Gasteiger partial charge in [-0.15, -0.1) is 0 Å². The summed E-state index contributed by atoms with van der Waals surface area (Å²) in [6.07, 6.45) is 0. The van der Waals surface area contributed by atoms with Crippen LogP contribution in [0.1, 0.15) is 203 Å². The van der Waals surface area contributed by atoms with Crippen molar-refractivity contribution >= 4 is 44.4 Å². The van der Waals surface area contributed by atoms with Crippen molar-refractivity contribution in [3.8, 4) is 44.5 Å². The first kappa shape index (κ1) is 50.3. The molecule has 2 nitrogen and oxygen atoms in total. The first-order valence-electron chi connectivity index (χ1n) is 26.2. The summed E-state index contributed by atoms with van der Waals surface area (Å²) in [6.45, 7) is 37.7. The number of benzene rings is 7. The van der Waals surface area contributed by atoms with Crippen LogP contribution in [0.2, 0.25) is 0 Å². The molecule has 1 aliphatic heterocycles. The number of rotatable bonds is 14. The molecule has 1 heterocycles. The van der Waals surface area contributed by atoms with Gasteiger partial charge in [-0.25, -0.2) is 0 Å². The second-order valence-electron chi connectivity index (χ2n) is 22.3. The van der Waals surface area contributed by atoms with Crippen LogP contribution in [0.5, 0.6) is 0 Å². The molecule has 356 valence electrons. The maximum absolute atomic E-state index is 2.77. The van der Waals surface area contributed by atoms with Crippen molar-refractivity contribution in [1.82, 2.24) is 0 Å². The van der Waals surface area contributed by atoms with E-state index in [2.05, 4.69) is 250 Å². The fourth-order valence-corrected chi connectivity index (χ4v) is 14.7. The van der Waals surface area contributed by atoms with Crippen LogP contribution in [0, 0.1) is 0 Å². The molecule has 0 N–H and O–H groups in total. The quantitative estimate of drug-likeness (QED) is 0.100. The summed E-state index contributed by atoms with van der Waals surface area (Å²) < 4.78 is 5.53. The van der Waals surface area contributed by atoms with Crippen LogP contribution in [0.3, 0.4) is 0 Å². The van der Waals surface area contributed by atoms with E-state index in [0.29, 0.717) is 47.3 Å². The van der Waals surface area contributed by atoms with Gasteiger partial charge in [0.15, 0.2) is 0 Å². The van der Waals surface area contributed by atoms with Crippen LogP contribution >= 0.6 is 0 Å². The molecule has 0 unspecified atom stereocenters. The Morgan fingerprint density at radius 2 is 0.464 bits per heavy atom. The molecule has 0 saturated carbocycles. The van der Waals surface area contributed by atoms with Gasteiger partial charge in [-0.3, -0.25) is 0 Å². The van der Waals surface area contributed by atoms with Crippen molar-refractivity contribution < 1.29 is 0 Å². The number of hydrogen-bond acceptors (Lipinski definition) is 2. The third-order valence-corrected chi connectivity index (χ3v) is 18.6. The molecule has 0 bridgehead atoms. The third-order valence-electron chi connectivity index (χ3n) is 14.6. The summed E-state index contributed by atoms with van der Waals surface area (Å²) in [5.41, 5.74) is 27.4. The molecular weight excluding hydrogens is 939 g/mol. The van der Waals surface area contributed by atoms with Gasteiger partial charge in [-0.05, 0) is 0 Å². The predicted molar refractivity (Wildman–Crippen MR) is 304 cm³/mol. The molecule has 7 aromatic carbocycles. The van der Waals surface area contributed by atoms with Gasteiger partial charge in [0.2, 0.25) is 0 Å². The molecule has 0 spiro atoms. The minimum absolute atomic E-state index is 0.384. The number of nitrogens with zero attached hydrogens (tertiary/aromatic N) is 2. The fourth-order valence-electron chi connectivity index (χ4n) is 11.0. The Kier molecular flexibility index (Phi) is 15.1. The number of anilines is 4.